The molecule has 0 saturated heterocycles. The molecule has 2 aromatic heterocycles. The van der Waals surface area contributed by atoms with Gasteiger partial charge in [-0.15, -0.1) is 0 Å². The first kappa shape index (κ1) is 15.7. The van der Waals surface area contributed by atoms with Gasteiger partial charge in [-0.1, -0.05) is 17.7 Å². The highest BCUT2D eigenvalue weighted by molar-refractivity contribution is 6.29. The minimum atomic E-state index is -5.28. The lowest BCUT2D eigenvalue weighted by atomic mass is 10.3. The summed E-state index contributed by atoms with van der Waals surface area (Å²) in [5.74, 6) is -2.48. The number of alkyl halides is 6. The average molecular weight is 419 g/mol. The van der Waals surface area contributed by atoms with Crippen molar-refractivity contribution in [2.24, 2.45) is 0 Å². The van der Waals surface area contributed by atoms with Gasteiger partial charge in [0.1, 0.15) is 22.9 Å². The third-order valence-corrected chi connectivity index (χ3v) is 3.12. The van der Waals surface area contributed by atoms with Crippen LogP contribution < -0.4 is 10.6 Å². The number of pyridine rings is 1. The van der Waals surface area contributed by atoms with Crippen molar-refractivity contribution >= 4 is 23.5 Å². The predicted octanol–water partition coefficient (Wildman–Crippen LogP) is 4.31. The molecule has 0 saturated carbocycles. The molecule has 2 rings (SSSR count). The zero-order valence-corrected chi connectivity index (χ0v) is 14.0. The Kier molecular flexibility index (Phi) is 4.47. The number of anilines is 2. The van der Waals surface area contributed by atoms with E-state index in [1.54, 1.807) is 10.6 Å². The van der Waals surface area contributed by atoms with E-state index in [-0.39, 0.29) is 10.8 Å². The molecule has 0 amide bonds. The fraction of sp³-hybridized carbons (Fsp3) is 0.429. The summed E-state index contributed by atoms with van der Waals surface area (Å²) in [6.45, 7) is -3.18. The van der Waals surface area contributed by atoms with E-state index in [1.165, 1.54) is 18.2 Å². The average Bonchev–Trinajstić information content (AvgIpc) is 2.56. The molecule has 2 atom stereocenters. The zero-order valence-electron chi connectivity index (χ0n) is 17.2. The maximum atomic E-state index is 13.2. The minimum absolute atomic E-state index is 0.0850. The quantitative estimate of drug-likeness (QED) is 0.556. The summed E-state index contributed by atoms with van der Waals surface area (Å²) in [5, 5.41) is 3.10. The molecule has 0 fully saturated rings. The second-order valence-corrected chi connectivity index (χ2v) is 5.41. The van der Waals surface area contributed by atoms with Crippen molar-refractivity contribution in [1.29, 1.82) is 0 Å². The van der Waals surface area contributed by atoms with Gasteiger partial charge >= 0.3 is 12.4 Å². The van der Waals surface area contributed by atoms with Crippen LogP contribution in [0.1, 0.15) is 19.3 Å². The number of halogens is 7. The summed E-state index contributed by atoms with van der Waals surface area (Å²) in [5.41, 5.74) is -0.155. The van der Waals surface area contributed by atoms with Crippen LogP contribution in [0.4, 0.5) is 38.2 Å². The lowest BCUT2D eigenvalue weighted by molar-refractivity contribution is -0.139. The first-order chi connectivity index (χ1) is 13.9. The third kappa shape index (κ3) is 5.81. The number of aromatic nitrogens is 4. The van der Waals surface area contributed by atoms with Crippen LogP contribution in [0, 0.1) is 0 Å². The summed E-state index contributed by atoms with van der Waals surface area (Å²) >= 11 is 5.73. The van der Waals surface area contributed by atoms with Crippen LogP contribution in [0.25, 0.3) is 11.5 Å². The lowest BCUT2D eigenvalue weighted by Crippen LogP contribution is -2.35. The van der Waals surface area contributed by atoms with Crippen molar-refractivity contribution in [2.45, 2.75) is 38.2 Å². The number of nitrogens with zero attached hydrogens (tertiary/aromatic N) is 4. The van der Waals surface area contributed by atoms with Crippen molar-refractivity contribution < 1.29 is 31.8 Å². The van der Waals surface area contributed by atoms with Crippen LogP contribution >= 0.6 is 11.6 Å². The predicted molar refractivity (Wildman–Crippen MR) is 86.3 cm³/mol. The SMILES string of the molecule is [2H]C([2H])([2H])C(Nc1nc(NC([2H])(C)C(F)(F)F)nc(-c2cccc(Cl)n2)n1)C(F)(F)F. The Morgan fingerprint density at radius 1 is 1.00 bits per heavy atom. The number of hydrogen-bond acceptors (Lipinski definition) is 6. The molecular formula is C14H13ClF6N6. The van der Waals surface area contributed by atoms with Gasteiger partial charge in [0.15, 0.2) is 5.82 Å². The summed E-state index contributed by atoms with van der Waals surface area (Å²) in [6, 6.07) is -2.52. The lowest BCUT2D eigenvalue weighted by Gasteiger charge is -2.20. The zero-order chi connectivity index (χ0) is 23.8. The number of rotatable bonds is 5. The molecule has 0 aliphatic carbocycles. The molecule has 0 spiro atoms. The molecular weight excluding hydrogens is 402 g/mol. The first-order valence-electron chi connectivity index (χ1n) is 8.97. The van der Waals surface area contributed by atoms with Gasteiger partial charge in [-0.3, -0.25) is 0 Å². The molecule has 0 radical (unpaired) electrons. The van der Waals surface area contributed by atoms with E-state index in [9.17, 15) is 26.3 Å². The highest BCUT2D eigenvalue weighted by atomic mass is 35.5. The van der Waals surface area contributed by atoms with E-state index in [0.29, 0.717) is 6.92 Å². The van der Waals surface area contributed by atoms with Crippen molar-refractivity contribution in [3.8, 4) is 11.5 Å². The molecule has 6 nitrogen and oxygen atoms in total. The van der Waals surface area contributed by atoms with Gasteiger partial charge in [0.05, 0.1) is 1.37 Å². The fourth-order valence-electron chi connectivity index (χ4n) is 1.59. The fourth-order valence-corrected chi connectivity index (χ4v) is 1.76. The van der Waals surface area contributed by atoms with Gasteiger partial charge in [-0.25, -0.2) is 4.98 Å². The number of nitrogens with one attached hydrogen (secondary N) is 2. The van der Waals surface area contributed by atoms with Gasteiger partial charge in [0.25, 0.3) is 0 Å². The molecule has 0 aliphatic rings. The smallest absolute Gasteiger partial charge is 0.343 e. The molecule has 27 heavy (non-hydrogen) atoms. The third-order valence-electron chi connectivity index (χ3n) is 2.90. The van der Waals surface area contributed by atoms with Gasteiger partial charge in [-0.2, -0.15) is 41.3 Å². The van der Waals surface area contributed by atoms with Gasteiger partial charge in [0.2, 0.25) is 11.9 Å². The molecule has 2 unspecified atom stereocenters. The minimum Gasteiger partial charge on any atom is -0.343 e. The van der Waals surface area contributed by atoms with Crippen molar-refractivity contribution in [2.75, 3.05) is 10.6 Å². The first-order valence-corrected chi connectivity index (χ1v) is 7.35. The Hall–Kier alpha value is -2.37. The molecule has 0 bridgehead atoms. The second-order valence-electron chi connectivity index (χ2n) is 5.02. The van der Waals surface area contributed by atoms with E-state index in [4.69, 9.17) is 17.1 Å². The second kappa shape index (κ2) is 7.71. The van der Waals surface area contributed by atoms with Gasteiger partial charge in [0, 0.05) is 4.11 Å². The maximum Gasteiger partial charge on any atom is 0.408 e. The number of hydrogen-bond donors (Lipinski definition) is 2. The Morgan fingerprint density at radius 2 is 1.63 bits per heavy atom. The summed E-state index contributed by atoms with van der Waals surface area (Å²) in [4.78, 5) is 14.4. The Morgan fingerprint density at radius 3 is 2.15 bits per heavy atom. The molecule has 2 aromatic rings. The van der Waals surface area contributed by atoms with E-state index in [2.05, 4.69) is 19.9 Å². The molecule has 0 aromatic carbocycles. The largest absolute Gasteiger partial charge is 0.408 e. The summed E-state index contributed by atoms with van der Waals surface area (Å²) in [6.07, 6.45) is -10.4. The maximum absolute atomic E-state index is 13.2. The highest BCUT2D eigenvalue weighted by Gasteiger charge is 2.38. The molecule has 0 aliphatic heterocycles. The van der Waals surface area contributed by atoms with Crippen LogP contribution in [0.15, 0.2) is 18.2 Å². The standard InChI is InChI=1S/C14H13ClF6N6/c1-6(13(16,17)18)22-11-25-10(8-4-3-5-9(15)24-8)26-12(27-11)23-7(2)14(19,20)21/h3-7H,1-2H3,(H2,22,23,25,26,27)/i1D3,7D. The molecule has 13 heteroatoms. The normalized spacial score (nSPS) is 18.4. The Balaban J connectivity index is 2.58. The summed E-state index contributed by atoms with van der Waals surface area (Å²) in [7, 11) is 0. The van der Waals surface area contributed by atoms with Crippen LogP contribution in [-0.4, -0.2) is 44.3 Å². The van der Waals surface area contributed by atoms with Crippen LogP contribution in [0.3, 0.4) is 0 Å². The van der Waals surface area contributed by atoms with Gasteiger partial charge < -0.3 is 10.6 Å². The Labute approximate surface area is 160 Å². The van der Waals surface area contributed by atoms with Crippen LogP contribution in [0.5, 0.6) is 0 Å². The molecule has 2 heterocycles. The highest BCUT2D eigenvalue weighted by Crippen LogP contribution is 2.26. The van der Waals surface area contributed by atoms with E-state index in [1.807, 2.05) is 0 Å². The monoisotopic (exact) mass is 418 g/mol. The van der Waals surface area contributed by atoms with E-state index in [0.717, 1.165) is 0 Å². The molecule has 148 valence electrons. The summed E-state index contributed by atoms with van der Waals surface area (Å²) < 4.78 is 107. The van der Waals surface area contributed by atoms with Crippen molar-refractivity contribution in [3.63, 3.8) is 0 Å². The van der Waals surface area contributed by atoms with E-state index < -0.39 is 49.0 Å². The van der Waals surface area contributed by atoms with Crippen molar-refractivity contribution in [3.05, 3.63) is 23.4 Å². The Bertz CT molecular complexity index is 923. The van der Waals surface area contributed by atoms with Crippen LogP contribution in [-0.2, 0) is 0 Å². The van der Waals surface area contributed by atoms with E-state index >= 15 is 0 Å². The topological polar surface area (TPSA) is 75.6 Å². The van der Waals surface area contributed by atoms with Gasteiger partial charge in [-0.05, 0) is 25.9 Å². The van der Waals surface area contributed by atoms with Crippen LogP contribution in [0.2, 0.25) is 5.15 Å². The van der Waals surface area contributed by atoms with Crippen molar-refractivity contribution in [1.82, 2.24) is 19.9 Å². The molecule has 2 N–H and O–H groups in total.